The van der Waals surface area contributed by atoms with Gasteiger partial charge >= 0.3 is 0 Å². The van der Waals surface area contributed by atoms with E-state index in [4.69, 9.17) is 0 Å². The minimum absolute atomic E-state index is 0.000509. The number of aliphatic hydroxyl groups excluding tert-OH is 1. The maximum atomic E-state index is 12.1. The highest BCUT2D eigenvalue weighted by atomic mass is 16.3. The van der Waals surface area contributed by atoms with Crippen LogP contribution in [0.5, 0.6) is 0 Å². The molecule has 1 unspecified atom stereocenters. The maximum absolute atomic E-state index is 12.1. The van der Waals surface area contributed by atoms with Crippen molar-refractivity contribution in [3.05, 3.63) is 0 Å². The van der Waals surface area contributed by atoms with E-state index < -0.39 is 5.54 Å². The van der Waals surface area contributed by atoms with Gasteiger partial charge in [-0.1, -0.05) is 13.8 Å². The van der Waals surface area contributed by atoms with Crippen molar-refractivity contribution in [2.24, 2.45) is 5.92 Å². The molecule has 1 aliphatic heterocycles. The number of aliphatic hydroxyl groups is 1. The molecule has 4 nitrogen and oxygen atoms in total. The molecule has 2 atom stereocenters. The second kappa shape index (κ2) is 5.64. The Morgan fingerprint density at radius 1 is 1.50 bits per heavy atom. The minimum Gasteiger partial charge on any atom is -0.394 e. The Bertz CT molecular complexity index is 235. The van der Waals surface area contributed by atoms with Gasteiger partial charge in [-0.3, -0.25) is 4.79 Å². The van der Waals surface area contributed by atoms with Gasteiger partial charge in [0.2, 0.25) is 5.91 Å². The van der Waals surface area contributed by atoms with Crippen molar-refractivity contribution in [3.8, 4) is 0 Å². The van der Waals surface area contributed by atoms with Crippen LogP contribution in [0.15, 0.2) is 0 Å². The van der Waals surface area contributed by atoms with Gasteiger partial charge in [-0.25, -0.2) is 0 Å². The number of hydrogen-bond acceptors (Lipinski definition) is 3. The summed E-state index contributed by atoms with van der Waals surface area (Å²) in [5.74, 6) is 0.265. The quantitative estimate of drug-likeness (QED) is 0.662. The van der Waals surface area contributed by atoms with Crippen molar-refractivity contribution in [1.29, 1.82) is 0 Å². The highest BCUT2D eigenvalue weighted by molar-refractivity contribution is 5.86. The highest BCUT2D eigenvalue weighted by Crippen LogP contribution is 2.19. The number of carbonyl (C=O) groups excluding carboxylic acids is 1. The number of piperidine rings is 1. The fourth-order valence-corrected chi connectivity index (χ4v) is 2.00. The SMILES string of the molecule is CC(C)[C@@H](CO)NC(=O)C1(C)CCCCN1. The average molecular weight is 228 g/mol. The first-order valence-electron chi connectivity index (χ1n) is 6.16. The lowest BCUT2D eigenvalue weighted by Gasteiger charge is -2.35. The van der Waals surface area contributed by atoms with Gasteiger partial charge in [0.25, 0.3) is 0 Å². The lowest BCUT2D eigenvalue weighted by atomic mass is 9.89. The lowest BCUT2D eigenvalue weighted by Crippen LogP contribution is -2.59. The molecule has 0 aromatic carbocycles. The zero-order valence-corrected chi connectivity index (χ0v) is 10.5. The summed E-state index contributed by atoms with van der Waals surface area (Å²) in [7, 11) is 0. The molecule has 0 saturated carbocycles. The second-order valence-electron chi connectivity index (χ2n) is 5.22. The molecule has 1 rings (SSSR count). The third-order valence-electron chi connectivity index (χ3n) is 3.44. The van der Waals surface area contributed by atoms with Gasteiger partial charge in [-0.05, 0) is 38.6 Å². The molecule has 16 heavy (non-hydrogen) atoms. The first-order valence-corrected chi connectivity index (χ1v) is 6.16. The molecule has 0 aromatic heterocycles. The van der Waals surface area contributed by atoms with Crippen molar-refractivity contribution < 1.29 is 9.90 Å². The predicted molar refractivity (Wildman–Crippen MR) is 64.1 cm³/mol. The van der Waals surface area contributed by atoms with Gasteiger partial charge < -0.3 is 15.7 Å². The van der Waals surface area contributed by atoms with Crippen LogP contribution in [0.4, 0.5) is 0 Å². The van der Waals surface area contributed by atoms with Crippen LogP contribution in [0.2, 0.25) is 0 Å². The van der Waals surface area contributed by atoms with E-state index in [2.05, 4.69) is 10.6 Å². The smallest absolute Gasteiger partial charge is 0.240 e. The summed E-state index contributed by atoms with van der Waals surface area (Å²) in [5.41, 5.74) is -0.458. The molecule has 1 amide bonds. The molecule has 94 valence electrons. The van der Waals surface area contributed by atoms with Gasteiger partial charge in [0.1, 0.15) is 0 Å². The monoisotopic (exact) mass is 228 g/mol. The average Bonchev–Trinajstić information content (AvgIpc) is 2.26. The standard InChI is InChI=1S/C12H24N2O2/c1-9(2)10(8-15)14-11(16)12(3)6-4-5-7-13-12/h9-10,13,15H,4-8H2,1-3H3,(H,14,16)/t10-,12?/m1/s1. The van der Waals surface area contributed by atoms with Crippen molar-refractivity contribution >= 4 is 5.91 Å². The van der Waals surface area contributed by atoms with E-state index in [1.165, 1.54) is 0 Å². The van der Waals surface area contributed by atoms with E-state index in [1.54, 1.807) is 0 Å². The van der Waals surface area contributed by atoms with E-state index in [0.717, 1.165) is 25.8 Å². The first-order chi connectivity index (χ1) is 7.49. The topological polar surface area (TPSA) is 61.4 Å². The molecule has 0 aromatic rings. The number of rotatable bonds is 4. The fraction of sp³-hybridized carbons (Fsp3) is 0.917. The Hall–Kier alpha value is -0.610. The predicted octanol–water partition coefficient (Wildman–Crippen LogP) is 0.652. The van der Waals surface area contributed by atoms with Crippen LogP contribution in [-0.2, 0) is 4.79 Å². The summed E-state index contributed by atoms with van der Waals surface area (Å²) in [4.78, 5) is 12.1. The molecule has 4 heteroatoms. The van der Waals surface area contributed by atoms with Gasteiger partial charge in [0.15, 0.2) is 0 Å². The Morgan fingerprint density at radius 3 is 2.62 bits per heavy atom. The van der Waals surface area contributed by atoms with Crippen molar-refractivity contribution in [2.45, 2.75) is 51.6 Å². The molecule has 1 saturated heterocycles. The highest BCUT2D eigenvalue weighted by Gasteiger charge is 2.35. The maximum Gasteiger partial charge on any atom is 0.240 e. The van der Waals surface area contributed by atoms with Crippen LogP contribution in [0.1, 0.15) is 40.0 Å². The van der Waals surface area contributed by atoms with Crippen LogP contribution < -0.4 is 10.6 Å². The number of amides is 1. The van der Waals surface area contributed by atoms with Crippen LogP contribution in [0.25, 0.3) is 0 Å². The molecule has 0 aliphatic carbocycles. The normalized spacial score (nSPS) is 27.8. The molecule has 1 fully saturated rings. The van der Waals surface area contributed by atoms with Crippen molar-refractivity contribution in [2.75, 3.05) is 13.2 Å². The zero-order chi connectivity index (χ0) is 12.2. The molecule has 3 N–H and O–H groups in total. The third-order valence-corrected chi connectivity index (χ3v) is 3.44. The molecule has 1 aliphatic rings. The fourth-order valence-electron chi connectivity index (χ4n) is 2.00. The summed E-state index contributed by atoms with van der Waals surface area (Å²) in [6, 6.07) is -0.145. The number of hydrogen-bond donors (Lipinski definition) is 3. The Balaban J connectivity index is 2.55. The van der Waals surface area contributed by atoms with Crippen LogP contribution in [0, 0.1) is 5.92 Å². The van der Waals surface area contributed by atoms with E-state index in [-0.39, 0.29) is 24.5 Å². The van der Waals surface area contributed by atoms with Gasteiger partial charge in [-0.15, -0.1) is 0 Å². The van der Waals surface area contributed by atoms with Gasteiger partial charge in [-0.2, -0.15) is 0 Å². The Morgan fingerprint density at radius 2 is 2.19 bits per heavy atom. The number of nitrogens with one attached hydrogen (secondary N) is 2. The molecular weight excluding hydrogens is 204 g/mol. The second-order valence-corrected chi connectivity index (χ2v) is 5.22. The van der Waals surface area contributed by atoms with E-state index in [1.807, 2.05) is 20.8 Å². The van der Waals surface area contributed by atoms with Crippen LogP contribution in [0.3, 0.4) is 0 Å². The Labute approximate surface area is 97.8 Å². The van der Waals surface area contributed by atoms with E-state index >= 15 is 0 Å². The van der Waals surface area contributed by atoms with Crippen molar-refractivity contribution in [1.82, 2.24) is 10.6 Å². The summed E-state index contributed by atoms with van der Waals surface area (Å²) in [6.45, 7) is 6.83. The molecular formula is C12H24N2O2. The van der Waals surface area contributed by atoms with Gasteiger partial charge in [0.05, 0.1) is 18.2 Å². The third kappa shape index (κ3) is 3.19. The van der Waals surface area contributed by atoms with Crippen molar-refractivity contribution in [3.63, 3.8) is 0 Å². The molecule has 0 bridgehead atoms. The molecule has 0 radical (unpaired) electrons. The van der Waals surface area contributed by atoms with E-state index in [9.17, 15) is 9.90 Å². The summed E-state index contributed by atoms with van der Waals surface area (Å²) in [6.07, 6.45) is 3.09. The van der Waals surface area contributed by atoms with Crippen LogP contribution >= 0.6 is 0 Å². The summed E-state index contributed by atoms with van der Waals surface area (Å²) < 4.78 is 0. The summed E-state index contributed by atoms with van der Waals surface area (Å²) in [5, 5.41) is 15.4. The molecule has 0 spiro atoms. The van der Waals surface area contributed by atoms with Crippen LogP contribution in [-0.4, -0.2) is 35.7 Å². The first kappa shape index (κ1) is 13.5. The lowest BCUT2D eigenvalue weighted by molar-refractivity contribution is -0.129. The summed E-state index contributed by atoms with van der Waals surface area (Å²) >= 11 is 0. The zero-order valence-electron chi connectivity index (χ0n) is 10.5. The number of carbonyl (C=O) groups is 1. The van der Waals surface area contributed by atoms with Gasteiger partial charge in [0, 0.05) is 0 Å². The largest absolute Gasteiger partial charge is 0.394 e. The van der Waals surface area contributed by atoms with E-state index in [0.29, 0.717) is 0 Å². The molecule has 1 heterocycles. The minimum atomic E-state index is -0.458. The Kier molecular flexibility index (Phi) is 4.74.